The van der Waals surface area contributed by atoms with Crippen LogP contribution in [-0.4, -0.2) is 37.5 Å². The Bertz CT molecular complexity index is 974. The van der Waals surface area contributed by atoms with Crippen molar-refractivity contribution < 1.29 is 4.52 Å². The van der Waals surface area contributed by atoms with E-state index in [0.29, 0.717) is 6.54 Å². The SMILES string of the molecule is Cc1cn2c(=O)cc(CN3CCC[C@H](c4nc(C(C)C)no4)C3)nc2s1. The quantitative estimate of drug-likeness (QED) is 0.700. The Balaban J connectivity index is 1.50. The number of aromatic nitrogens is 4. The van der Waals surface area contributed by atoms with Crippen molar-refractivity contribution in [3.05, 3.63) is 44.9 Å². The summed E-state index contributed by atoms with van der Waals surface area (Å²) in [6.45, 7) is 8.63. The van der Waals surface area contributed by atoms with Crippen molar-refractivity contribution in [3.8, 4) is 0 Å². The fourth-order valence-corrected chi connectivity index (χ4v) is 4.27. The molecule has 3 aromatic heterocycles. The first-order chi connectivity index (χ1) is 12.5. The second-order valence-corrected chi connectivity index (χ2v) is 8.51. The summed E-state index contributed by atoms with van der Waals surface area (Å²) in [5.74, 6) is 2.02. The zero-order chi connectivity index (χ0) is 18.3. The Morgan fingerprint density at radius 1 is 1.38 bits per heavy atom. The van der Waals surface area contributed by atoms with Gasteiger partial charge in [-0.15, -0.1) is 11.3 Å². The molecular weight excluding hydrogens is 350 g/mol. The summed E-state index contributed by atoms with van der Waals surface area (Å²) in [6.07, 6.45) is 3.97. The molecule has 3 aromatic rings. The van der Waals surface area contributed by atoms with E-state index in [2.05, 4.69) is 33.9 Å². The van der Waals surface area contributed by atoms with Crippen molar-refractivity contribution in [2.45, 2.75) is 52.0 Å². The molecule has 1 aliphatic heterocycles. The highest BCUT2D eigenvalue weighted by molar-refractivity contribution is 7.16. The lowest BCUT2D eigenvalue weighted by Crippen LogP contribution is -2.34. The van der Waals surface area contributed by atoms with Crippen LogP contribution in [0, 0.1) is 6.92 Å². The molecule has 0 saturated carbocycles. The van der Waals surface area contributed by atoms with Crippen molar-refractivity contribution in [2.24, 2.45) is 0 Å². The van der Waals surface area contributed by atoms with E-state index in [0.717, 1.165) is 53.2 Å². The summed E-state index contributed by atoms with van der Waals surface area (Å²) < 4.78 is 7.11. The minimum Gasteiger partial charge on any atom is -0.339 e. The van der Waals surface area contributed by atoms with E-state index in [-0.39, 0.29) is 17.4 Å². The maximum atomic E-state index is 12.3. The second-order valence-electron chi connectivity index (χ2n) is 7.30. The van der Waals surface area contributed by atoms with Crippen LogP contribution < -0.4 is 5.56 Å². The largest absolute Gasteiger partial charge is 0.339 e. The van der Waals surface area contributed by atoms with E-state index in [1.165, 1.54) is 0 Å². The van der Waals surface area contributed by atoms with Gasteiger partial charge in [0.1, 0.15) is 0 Å². The molecule has 7 nitrogen and oxygen atoms in total. The Kier molecular flexibility index (Phi) is 4.62. The molecule has 4 rings (SSSR count). The van der Waals surface area contributed by atoms with E-state index < -0.39 is 0 Å². The highest BCUT2D eigenvalue weighted by atomic mass is 32.1. The van der Waals surface area contributed by atoms with Gasteiger partial charge in [0.25, 0.3) is 5.56 Å². The number of hydrogen-bond donors (Lipinski definition) is 0. The number of aryl methyl sites for hydroxylation is 1. The van der Waals surface area contributed by atoms with Crippen LogP contribution in [0.4, 0.5) is 0 Å². The molecule has 138 valence electrons. The van der Waals surface area contributed by atoms with E-state index in [1.54, 1.807) is 21.8 Å². The van der Waals surface area contributed by atoms with Crippen LogP contribution in [0.5, 0.6) is 0 Å². The number of likely N-dealkylation sites (tertiary alicyclic amines) is 1. The summed E-state index contributed by atoms with van der Waals surface area (Å²) in [5.41, 5.74) is 0.812. The summed E-state index contributed by atoms with van der Waals surface area (Å²) >= 11 is 1.55. The maximum absolute atomic E-state index is 12.3. The standard InChI is InChI=1S/C18H23N5O2S/c1-11(2)16-20-17(25-21-16)13-5-4-6-22(9-13)10-14-7-15(24)23-8-12(3)26-18(23)19-14/h7-8,11,13H,4-6,9-10H2,1-3H3/t13-/m0/s1. The molecule has 0 amide bonds. The third-order valence-electron chi connectivity index (χ3n) is 4.75. The monoisotopic (exact) mass is 373 g/mol. The fraction of sp³-hybridized carbons (Fsp3) is 0.556. The van der Waals surface area contributed by atoms with Crippen LogP contribution in [0.15, 0.2) is 21.6 Å². The number of piperidine rings is 1. The first-order valence-electron chi connectivity index (χ1n) is 9.04. The summed E-state index contributed by atoms with van der Waals surface area (Å²) in [7, 11) is 0. The molecule has 1 fully saturated rings. The van der Waals surface area contributed by atoms with Gasteiger partial charge in [-0.3, -0.25) is 14.1 Å². The lowest BCUT2D eigenvalue weighted by Gasteiger charge is -2.30. The molecular formula is C18H23N5O2S. The molecule has 0 radical (unpaired) electrons. The average molecular weight is 373 g/mol. The van der Waals surface area contributed by atoms with Crippen LogP contribution in [0.1, 0.15) is 60.8 Å². The molecule has 8 heteroatoms. The zero-order valence-corrected chi connectivity index (χ0v) is 16.1. The van der Waals surface area contributed by atoms with Gasteiger partial charge in [0.2, 0.25) is 5.89 Å². The van der Waals surface area contributed by atoms with E-state index in [9.17, 15) is 4.79 Å². The Hall–Kier alpha value is -2.06. The van der Waals surface area contributed by atoms with Gasteiger partial charge < -0.3 is 4.52 Å². The average Bonchev–Trinajstić information content (AvgIpc) is 3.22. The van der Waals surface area contributed by atoms with Gasteiger partial charge in [-0.25, -0.2) is 4.98 Å². The van der Waals surface area contributed by atoms with Crippen LogP contribution in [0.3, 0.4) is 0 Å². The Morgan fingerprint density at radius 3 is 3.00 bits per heavy atom. The minimum atomic E-state index is -0.0126. The van der Waals surface area contributed by atoms with Crippen LogP contribution in [0.25, 0.3) is 4.96 Å². The summed E-state index contributed by atoms with van der Waals surface area (Å²) in [6, 6.07) is 1.65. The van der Waals surface area contributed by atoms with Crippen LogP contribution >= 0.6 is 11.3 Å². The van der Waals surface area contributed by atoms with Crippen molar-refractivity contribution in [3.63, 3.8) is 0 Å². The number of fused-ring (bicyclic) bond motifs is 1. The van der Waals surface area contributed by atoms with Gasteiger partial charge in [0.05, 0.1) is 11.6 Å². The van der Waals surface area contributed by atoms with Gasteiger partial charge >= 0.3 is 0 Å². The Morgan fingerprint density at radius 2 is 2.23 bits per heavy atom. The molecule has 1 saturated heterocycles. The molecule has 0 spiro atoms. The van der Waals surface area contributed by atoms with E-state index in [1.807, 2.05) is 13.1 Å². The number of thiazole rings is 1. The van der Waals surface area contributed by atoms with Gasteiger partial charge in [-0.05, 0) is 26.3 Å². The van der Waals surface area contributed by atoms with Gasteiger partial charge in [-0.1, -0.05) is 19.0 Å². The number of hydrogen-bond acceptors (Lipinski definition) is 7. The maximum Gasteiger partial charge on any atom is 0.258 e. The van der Waals surface area contributed by atoms with Crippen molar-refractivity contribution in [1.29, 1.82) is 0 Å². The third kappa shape index (κ3) is 3.43. The Labute approximate surface area is 155 Å². The highest BCUT2D eigenvalue weighted by Crippen LogP contribution is 2.27. The molecule has 0 aliphatic carbocycles. The smallest absolute Gasteiger partial charge is 0.258 e. The van der Waals surface area contributed by atoms with Gasteiger partial charge in [0.15, 0.2) is 10.8 Å². The minimum absolute atomic E-state index is 0.0126. The predicted molar refractivity (Wildman–Crippen MR) is 99.7 cm³/mol. The molecule has 0 N–H and O–H groups in total. The van der Waals surface area contributed by atoms with Crippen molar-refractivity contribution >= 4 is 16.3 Å². The normalized spacial score (nSPS) is 18.8. The lowest BCUT2D eigenvalue weighted by atomic mass is 9.98. The summed E-state index contributed by atoms with van der Waals surface area (Å²) in [5, 5.41) is 4.09. The van der Waals surface area contributed by atoms with Gasteiger partial charge in [-0.2, -0.15) is 4.98 Å². The third-order valence-corrected chi connectivity index (χ3v) is 5.65. The number of rotatable bonds is 4. The predicted octanol–water partition coefficient (Wildman–Crippen LogP) is 2.95. The van der Waals surface area contributed by atoms with Gasteiger partial charge in [0, 0.05) is 36.1 Å². The van der Waals surface area contributed by atoms with Crippen LogP contribution in [0.2, 0.25) is 0 Å². The van der Waals surface area contributed by atoms with Crippen LogP contribution in [-0.2, 0) is 6.54 Å². The van der Waals surface area contributed by atoms with Crippen molar-refractivity contribution in [2.75, 3.05) is 13.1 Å². The fourth-order valence-electron chi connectivity index (χ4n) is 3.42. The molecule has 0 aromatic carbocycles. The number of nitrogens with zero attached hydrogens (tertiary/aromatic N) is 5. The van der Waals surface area contributed by atoms with Crippen molar-refractivity contribution in [1.82, 2.24) is 24.4 Å². The topological polar surface area (TPSA) is 76.5 Å². The van der Waals surface area contributed by atoms with E-state index in [4.69, 9.17) is 4.52 Å². The second kappa shape index (κ2) is 6.92. The first-order valence-corrected chi connectivity index (χ1v) is 9.86. The molecule has 1 atom stereocenters. The molecule has 0 unspecified atom stereocenters. The molecule has 4 heterocycles. The molecule has 0 bridgehead atoms. The molecule has 26 heavy (non-hydrogen) atoms. The van der Waals surface area contributed by atoms with E-state index >= 15 is 0 Å². The lowest BCUT2D eigenvalue weighted by molar-refractivity contribution is 0.178. The molecule has 1 aliphatic rings. The zero-order valence-electron chi connectivity index (χ0n) is 15.3. The highest BCUT2D eigenvalue weighted by Gasteiger charge is 2.26. The first kappa shape index (κ1) is 17.4. The summed E-state index contributed by atoms with van der Waals surface area (Å²) in [4.78, 5) is 25.7.